The fourth-order valence-corrected chi connectivity index (χ4v) is 1.69. The molecular formula is C11H12BrN3O. The van der Waals surface area contributed by atoms with Gasteiger partial charge in [-0.3, -0.25) is 0 Å². The van der Waals surface area contributed by atoms with Crippen molar-refractivity contribution in [3.63, 3.8) is 0 Å². The van der Waals surface area contributed by atoms with Crippen molar-refractivity contribution in [3.8, 4) is 11.6 Å². The number of aromatic nitrogens is 2. The second kappa shape index (κ2) is 4.65. The van der Waals surface area contributed by atoms with Crippen molar-refractivity contribution >= 4 is 21.7 Å². The molecule has 2 rings (SSSR count). The summed E-state index contributed by atoms with van der Waals surface area (Å²) < 4.78 is 6.10. The van der Waals surface area contributed by atoms with Gasteiger partial charge in [-0.25, -0.2) is 9.97 Å². The highest BCUT2D eigenvalue weighted by molar-refractivity contribution is 9.10. The summed E-state index contributed by atoms with van der Waals surface area (Å²) in [6.45, 7) is 4.79. The summed E-state index contributed by atoms with van der Waals surface area (Å²) in [6.07, 6.45) is 0. The average Bonchev–Trinajstić information content (AvgIpc) is 2.64. The predicted octanol–water partition coefficient (Wildman–Crippen LogP) is 3.24. The van der Waals surface area contributed by atoms with E-state index in [4.69, 9.17) is 4.42 Å². The molecule has 5 heteroatoms. The third-order valence-corrected chi connectivity index (χ3v) is 2.43. The molecule has 2 heterocycles. The van der Waals surface area contributed by atoms with Gasteiger partial charge in [-0.15, -0.1) is 0 Å². The molecule has 4 nitrogen and oxygen atoms in total. The van der Waals surface area contributed by atoms with Crippen LogP contribution in [-0.4, -0.2) is 16.5 Å². The standard InChI is InChI=1S/C11H12BrN3O/c1-3-13-10-6-7(2)14-11(15-10)8-4-5-9(12)16-8/h4-6H,3H2,1-2H3,(H,13,14,15). The Labute approximate surface area is 102 Å². The minimum Gasteiger partial charge on any atom is -0.446 e. The van der Waals surface area contributed by atoms with E-state index in [0.717, 1.165) is 18.1 Å². The van der Waals surface area contributed by atoms with Crippen molar-refractivity contribution in [2.24, 2.45) is 0 Å². The number of nitrogens with zero attached hydrogens (tertiary/aromatic N) is 2. The van der Waals surface area contributed by atoms with Crippen molar-refractivity contribution in [1.29, 1.82) is 0 Å². The van der Waals surface area contributed by atoms with E-state index < -0.39 is 0 Å². The van der Waals surface area contributed by atoms with Gasteiger partial charge in [-0.1, -0.05) is 0 Å². The van der Waals surface area contributed by atoms with Crippen LogP contribution in [0.1, 0.15) is 12.6 Å². The first kappa shape index (κ1) is 11.1. The molecule has 2 aromatic heterocycles. The van der Waals surface area contributed by atoms with E-state index in [1.807, 2.05) is 32.0 Å². The summed E-state index contributed by atoms with van der Waals surface area (Å²) in [5.74, 6) is 2.08. The molecule has 0 aliphatic heterocycles. The van der Waals surface area contributed by atoms with Crippen LogP contribution in [0.5, 0.6) is 0 Å². The molecule has 0 aliphatic carbocycles. The zero-order chi connectivity index (χ0) is 11.5. The van der Waals surface area contributed by atoms with Gasteiger partial charge in [0.1, 0.15) is 5.82 Å². The summed E-state index contributed by atoms with van der Waals surface area (Å²) in [5.41, 5.74) is 0.911. The summed E-state index contributed by atoms with van der Waals surface area (Å²) in [7, 11) is 0. The first-order valence-corrected chi connectivity index (χ1v) is 5.83. The van der Waals surface area contributed by atoms with Crippen LogP contribution < -0.4 is 5.32 Å². The Morgan fingerprint density at radius 3 is 2.81 bits per heavy atom. The monoisotopic (exact) mass is 281 g/mol. The number of furan rings is 1. The molecule has 0 amide bonds. The summed E-state index contributed by atoms with van der Waals surface area (Å²) >= 11 is 3.26. The lowest BCUT2D eigenvalue weighted by Gasteiger charge is -2.04. The maximum absolute atomic E-state index is 5.42. The molecule has 1 N–H and O–H groups in total. The van der Waals surface area contributed by atoms with Gasteiger partial charge in [-0.2, -0.15) is 0 Å². The van der Waals surface area contributed by atoms with Crippen LogP contribution in [0.4, 0.5) is 5.82 Å². The smallest absolute Gasteiger partial charge is 0.197 e. The Hall–Kier alpha value is -1.36. The van der Waals surface area contributed by atoms with Gasteiger partial charge in [-0.05, 0) is 41.9 Å². The Balaban J connectivity index is 2.40. The number of halogens is 1. The SMILES string of the molecule is CCNc1cc(C)nc(-c2ccc(Br)o2)n1. The number of rotatable bonds is 3. The molecule has 0 aromatic carbocycles. The summed E-state index contributed by atoms with van der Waals surface area (Å²) in [5, 5.41) is 3.16. The van der Waals surface area contributed by atoms with Gasteiger partial charge in [0, 0.05) is 18.3 Å². The topological polar surface area (TPSA) is 51.0 Å². The molecule has 0 unspecified atom stereocenters. The highest BCUT2D eigenvalue weighted by Gasteiger charge is 2.08. The van der Waals surface area contributed by atoms with Crippen molar-refractivity contribution < 1.29 is 4.42 Å². The minimum atomic E-state index is 0.599. The van der Waals surface area contributed by atoms with Crippen LogP contribution in [0.15, 0.2) is 27.3 Å². The van der Waals surface area contributed by atoms with E-state index in [1.54, 1.807) is 0 Å². The van der Waals surface area contributed by atoms with Crippen LogP contribution in [-0.2, 0) is 0 Å². The highest BCUT2D eigenvalue weighted by Crippen LogP contribution is 2.23. The Morgan fingerprint density at radius 1 is 1.38 bits per heavy atom. The molecule has 0 saturated heterocycles. The number of nitrogens with one attached hydrogen (secondary N) is 1. The second-order valence-electron chi connectivity index (χ2n) is 3.35. The predicted molar refractivity (Wildman–Crippen MR) is 66.3 cm³/mol. The second-order valence-corrected chi connectivity index (χ2v) is 4.13. The minimum absolute atomic E-state index is 0.599. The number of hydrogen-bond donors (Lipinski definition) is 1. The maximum atomic E-state index is 5.42. The largest absolute Gasteiger partial charge is 0.446 e. The van der Waals surface area contributed by atoms with Crippen LogP contribution in [0.25, 0.3) is 11.6 Å². The Bertz CT molecular complexity index is 496. The first-order valence-electron chi connectivity index (χ1n) is 5.04. The molecule has 0 saturated carbocycles. The molecule has 0 spiro atoms. The molecule has 0 aliphatic rings. The van der Waals surface area contributed by atoms with E-state index in [2.05, 4.69) is 31.2 Å². The molecule has 0 atom stereocenters. The number of aryl methyl sites for hydroxylation is 1. The fraction of sp³-hybridized carbons (Fsp3) is 0.273. The van der Waals surface area contributed by atoms with Gasteiger partial charge < -0.3 is 9.73 Å². The average molecular weight is 282 g/mol. The summed E-state index contributed by atoms with van der Waals surface area (Å²) in [6, 6.07) is 5.58. The lowest BCUT2D eigenvalue weighted by Crippen LogP contribution is -2.02. The molecule has 0 fully saturated rings. The van der Waals surface area contributed by atoms with Crippen LogP contribution in [0.3, 0.4) is 0 Å². The van der Waals surface area contributed by atoms with Gasteiger partial charge in [0.25, 0.3) is 0 Å². The van der Waals surface area contributed by atoms with Gasteiger partial charge >= 0.3 is 0 Å². The van der Waals surface area contributed by atoms with E-state index in [1.165, 1.54) is 0 Å². The van der Waals surface area contributed by atoms with E-state index >= 15 is 0 Å². The maximum Gasteiger partial charge on any atom is 0.197 e. The molecular weight excluding hydrogens is 270 g/mol. The molecule has 0 bridgehead atoms. The van der Waals surface area contributed by atoms with Crippen molar-refractivity contribution in [3.05, 3.63) is 28.6 Å². The molecule has 84 valence electrons. The third-order valence-electron chi connectivity index (χ3n) is 2.01. The highest BCUT2D eigenvalue weighted by atomic mass is 79.9. The van der Waals surface area contributed by atoms with E-state index in [0.29, 0.717) is 16.3 Å². The summed E-state index contributed by atoms with van der Waals surface area (Å²) in [4.78, 5) is 8.70. The van der Waals surface area contributed by atoms with E-state index in [-0.39, 0.29) is 0 Å². The number of anilines is 1. The fourth-order valence-electron chi connectivity index (χ4n) is 1.38. The van der Waals surface area contributed by atoms with Crippen molar-refractivity contribution in [1.82, 2.24) is 9.97 Å². The quantitative estimate of drug-likeness (QED) is 0.939. The Kier molecular flexibility index (Phi) is 3.24. The third kappa shape index (κ3) is 2.41. The molecule has 2 aromatic rings. The molecule has 16 heavy (non-hydrogen) atoms. The van der Waals surface area contributed by atoms with Gasteiger partial charge in [0.15, 0.2) is 16.3 Å². The van der Waals surface area contributed by atoms with Gasteiger partial charge in [0.2, 0.25) is 0 Å². The van der Waals surface area contributed by atoms with Crippen molar-refractivity contribution in [2.75, 3.05) is 11.9 Å². The van der Waals surface area contributed by atoms with Crippen LogP contribution >= 0.6 is 15.9 Å². The Morgan fingerprint density at radius 2 is 2.19 bits per heavy atom. The van der Waals surface area contributed by atoms with Crippen LogP contribution in [0, 0.1) is 6.92 Å². The van der Waals surface area contributed by atoms with Crippen molar-refractivity contribution in [2.45, 2.75) is 13.8 Å². The zero-order valence-corrected chi connectivity index (χ0v) is 10.7. The van der Waals surface area contributed by atoms with E-state index in [9.17, 15) is 0 Å². The number of hydrogen-bond acceptors (Lipinski definition) is 4. The first-order chi connectivity index (χ1) is 7.69. The lowest BCUT2D eigenvalue weighted by molar-refractivity contribution is 0.551. The zero-order valence-electron chi connectivity index (χ0n) is 9.12. The van der Waals surface area contributed by atoms with Gasteiger partial charge in [0.05, 0.1) is 0 Å². The lowest BCUT2D eigenvalue weighted by atomic mass is 10.3. The molecule has 0 radical (unpaired) electrons. The normalized spacial score (nSPS) is 10.4. The van der Waals surface area contributed by atoms with Crippen LogP contribution in [0.2, 0.25) is 0 Å².